The highest BCUT2D eigenvalue weighted by Crippen LogP contribution is 2.28. The largest absolute Gasteiger partial charge is 0.369 e. The van der Waals surface area contributed by atoms with E-state index in [1.54, 1.807) is 17.0 Å². The lowest BCUT2D eigenvalue weighted by atomic mass is 10.0. The summed E-state index contributed by atoms with van der Waals surface area (Å²) in [4.78, 5) is 30.3. The third-order valence-corrected chi connectivity index (χ3v) is 6.25. The van der Waals surface area contributed by atoms with Crippen LogP contribution in [0.25, 0.3) is 0 Å². The highest BCUT2D eigenvalue weighted by atomic mass is 19.1. The van der Waals surface area contributed by atoms with Crippen LogP contribution >= 0.6 is 0 Å². The molecule has 7 nitrogen and oxygen atoms in total. The van der Waals surface area contributed by atoms with E-state index >= 15 is 0 Å². The molecular weight excluding hydrogens is 409 g/mol. The maximum Gasteiger partial charge on any atom is 0.256 e. The average molecular weight is 436 g/mol. The zero-order valence-electron chi connectivity index (χ0n) is 18.1. The molecule has 2 aliphatic rings. The summed E-state index contributed by atoms with van der Waals surface area (Å²) in [5, 5.41) is 12.2. The van der Waals surface area contributed by atoms with Gasteiger partial charge in [0.1, 0.15) is 11.9 Å². The Labute approximate surface area is 187 Å². The van der Waals surface area contributed by atoms with Gasteiger partial charge in [-0.2, -0.15) is 10.2 Å². The van der Waals surface area contributed by atoms with Crippen molar-refractivity contribution >= 4 is 17.3 Å². The van der Waals surface area contributed by atoms with Crippen molar-refractivity contribution in [2.45, 2.75) is 25.8 Å². The van der Waals surface area contributed by atoms with Gasteiger partial charge in [0.05, 0.1) is 22.9 Å². The van der Waals surface area contributed by atoms with Crippen LogP contribution in [0.3, 0.4) is 0 Å². The van der Waals surface area contributed by atoms with Crippen LogP contribution in [0.1, 0.15) is 34.3 Å². The Balaban J connectivity index is 1.49. The molecule has 0 aliphatic carbocycles. The fraction of sp³-hybridized carbons (Fsp3) is 0.417. The van der Waals surface area contributed by atoms with Crippen molar-refractivity contribution in [1.29, 1.82) is 5.26 Å². The van der Waals surface area contributed by atoms with Crippen molar-refractivity contribution in [1.82, 2.24) is 4.90 Å². The van der Waals surface area contributed by atoms with Gasteiger partial charge in [-0.3, -0.25) is 4.79 Å². The van der Waals surface area contributed by atoms with Gasteiger partial charge in [-0.05, 0) is 50.1 Å². The van der Waals surface area contributed by atoms with E-state index in [9.17, 15) is 14.1 Å². The van der Waals surface area contributed by atoms with E-state index in [1.807, 2.05) is 36.1 Å². The average Bonchev–Trinajstić information content (AvgIpc) is 2.83. The number of hydrogen-bond donors (Lipinski definition) is 0. The minimum absolute atomic E-state index is 0.0511. The quantitative estimate of drug-likeness (QED) is 0.684. The van der Waals surface area contributed by atoms with Crippen LogP contribution in [-0.4, -0.2) is 56.1 Å². The first-order valence-electron chi connectivity index (χ1n) is 10.9. The van der Waals surface area contributed by atoms with E-state index in [1.165, 1.54) is 6.07 Å². The summed E-state index contributed by atoms with van der Waals surface area (Å²) in [6, 6.07) is 12.0. The molecule has 0 N–H and O–H groups in total. The lowest BCUT2D eigenvalue weighted by Gasteiger charge is -2.37. The molecule has 32 heavy (non-hydrogen) atoms. The second-order valence-electron chi connectivity index (χ2n) is 8.43. The van der Waals surface area contributed by atoms with E-state index in [2.05, 4.69) is 10.1 Å². The number of halogens is 1. The van der Waals surface area contributed by atoms with Crippen molar-refractivity contribution in [2.24, 2.45) is 5.18 Å². The molecular formula is C24H26FN5O2. The van der Waals surface area contributed by atoms with Crippen molar-refractivity contribution in [3.05, 3.63) is 63.8 Å². The first-order valence-corrected chi connectivity index (χ1v) is 10.9. The number of piperazine rings is 1. The summed E-state index contributed by atoms with van der Waals surface area (Å²) in [5.41, 5.74) is 3.21. The SMILES string of the molecule is Cc1ccc(N2CCCC(N=O)C2)c(C(=O)N2CCN(c3ccc(C#N)cc3F)CC2)c1. The van der Waals surface area contributed by atoms with Crippen molar-refractivity contribution in [3.63, 3.8) is 0 Å². The summed E-state index contributed by atoms with van der Waals surface area (Å²) >= 11 is 0. The first-order chi connectivity index (χ1) is 15.5. The predicted octanol–water partition coefficient (Wildman–Crippen LogP) is 3.70. The summed E-state index contributed by atoms with van der Waals surface area (Å²) in [6.07, 6.45) is 1.65. The van der Waals surface area contributed by atoms with Gasteiger partial charge in [-0.1, -0.05) is 16.8 Å². The van der Waals surface area contributed by atoms with Crippen molar-refractivity contribution in [3.8, 4) is 6.07 Å². The number of rotatable bonds is 4. The van der Waals surface area contributed by atoms with Gasteiger partial charge in [0.25, 0.3) is 5.91 Å². The van der Waals surface area contributed by atoms with Crippen LogP contribution < -0.4 is 9.80 Å². The molecule has 2 aromatic rings. The molecule has 166 valence electrons. The molecule has 0 radical (unpaired) electrons. The number of amides is 1. The van der Waals surface area contributed by atoms with E-state index < -0.39 is 5.82 Å². The van der Waals surface area contributed by atoms with Crippen molar-refractivity contribution < 1.29 is 9.18 Å². The van der Waals surface area contributed by atoms with Crippen LogP contribution in [0.15, 0.2) is 41.6 Å². The number of hydrogen-bond acceptors (Lipinski definition) is 6. The Morgan fingerprint density at radius 2 is 1.81 bits per heavy atom. The van der Waals surface area contributed by atoms with Gasteiger partial charge in [0.2, 0.25) is 0 Å². The number of benzene rings is 2. The number of aryl methyl sites for hydroxylation is 1. The molecule has 1 unspecified atom stereocenters. The smallest absolute Gasteiger partial charge is 0.256 e. The Bertz CT molecular complexity index is 1060. The molecule has 2 saturated heterocycles. The number of piperidine rings is 1. The van der Waals surface area contributed by atoms with Crippen molar-refractivity contribution in [2.75, 3.05) is 49.1 Å². The van der Waals surface area contributed by atoms with Gasteiger partial charge < -0.3 is 14.7 Å². The van der Waals surface area contributed by atoms with Crippen LogP contribution in [0.2, 0.25) is 0 Å². The molecule has 0 bridgehead atoms. The van der Waals surface area contributed by atoms with Crippen LogP contribution in [0, 0.1) is 29.0 Å². The Kier molecular flexibility index (Phi) is 6.35. The maximum atomic E-state index is 14.4. The fourth-order valence-corrected chi connectivity index (χ4v) is 4.51. The second kappa shape index (κ2) is 9.35. The standard InChI is InChI=1S/C24H26FN5O2/c1-17-4-6-22(30-8-2-3-19(16-30)27-32)20(13-17)24(31)29-11-9-28(10-12-29)23-7-5-18(15-26)14-21(23)25/h4-7,13-14,19H,2-3,8-12,16H2,1H3. The normalized spacial score (nSPS) is 18.9. The summed E-state index contributed by atoms with van der Waals surface area (Å²) in [6.45, 7) is 5.25. The molecule has 2 heterocycles. The minimum Gasteiger partial charge on any atom is -0.369 e. The molecule has 8 heteroatoms. The molecule has 1 atom stereocenters. The Morgan fingerprint density at radius 1 is 1.06 bits per heavy atom. The van der Waals surface area contributed by atoms with Crippen LogP contribution in [0.4, 0.5) is 15.8 Å². The number of carbonyl (C=O) groups excluding carboxylic acids is 1. The van der Waals surface area contributed by atoms with E-state index in [0.29, 0.717) is 44.0 Å². The zero-order valence-corrected chi connectivity index (χ0v) is 18.1. The molecule has 2 aliphatic heterocycles. The number of carbonyl (C=O) groups is 1. The van der Waals surface area contributed by atoms with Crippen LogP contribution in [0.5, 0.6) is 0 Å². The second-order valence-corrected chi connectivity index (χ2v) is 8.43. The first kappa shape index (κ1) is 21.8. The van der Waals surface area contributed by atoms with E-state index in [4.69, 9.17) is 5.26 Å². The fourth-order valence-electron chi connectivity index (χ4n) is 4.51. The summed E-state index contributed by atoms with van der Waals surface area (Å²) in [7, 11) is 0. The topological polar surface area (TPSA) is 80.0 Å². The maximum absolute atomic E-state index is 14.4. The van der Waals surface area contributed by atoms with Gasteiger partial charge in [0, 0.05) is 45.0 Å². The zero-order chi connectivity index (χ0) is 22.7. The molecule has 0 spiro atoms. The van der Waals surface area contributed by atoms with Crippen LogP contribution in [-0.2, 0) is 0 Å². The summed E-state index contributed by atoms with van der Waals surface area (Å²) < 4.78 is 14.4. The third-order valence-electron chi connectivity index (χ3n) is 6.25. The highest BCUT2D eigenvalue weighted by Gasteiger charge is 2.28. The minimum atomic E-state index is -0.423. The number of nitrogens with zero attached hydrogens (tertiary/aromatic N) is 5. The lowest BCUT2D eigenvalue weighted by Crippen LogP contribution is -2.49. The van der Waals surface area contributed by atoms with Gasteiger partial charge in [0.15, 0.2) is 0 Å². The number of nitroso groups, excluding NO2 is 1. The van der Waals surface area contributed by atoms with Gasteiger partial charge >= 0.3 is 0 Å². The molecule has 2 aromatic carbocycles. The predicted molar refractivity (Wildman–Crippen MR) is 121 cm³/mol. The molecule has 0 aromatic heterocycles. The monoisotopic (exact) mass is 435 g/mol. The lowest BCUT2D eigenvalue weighted by molar-refractivity contribution is 0.0747. The highest BCUT2D eigenvalue weighted by molar-refractivity contribution is 6.00. The number of nitriles is 1. The van der Waals surface area contributed by atoms with Gasteiger partial charge in [-0.15, -0.1) is 0 Å². The Hall–Kier alpha value is -3.47. The van der Waals surface area contributed by atoms with E-state index in [-0.39, 0.29) is 17.5 Å². The molecule has 4 rings (SSSR count). The van der Waals surface area contributed by atoms with Gasteiger partial charge in [-0.25, -0.2) is 4.39 Å². The molecule has 0 saturated carbocycles. The van der Waals surface area contributed by atoms with E-state index in [0.717, 1.165) is 30.6 Å². The Morgan fingerprint density at radius 3 is 2.50 bits per heavy atom. The molecule has 2 fully saturated rings. The third kappa shape index (κ3) is 4.42. The number of anilines is 2. The summed E-state index contributed by atoms with van der Waals surface area (Å²) in [5.74, 6) is -0.474. The molecule has 1 amide bonds.